The molecule has 1 aliphatic rings. The molecular formula is C23H29N3O6S. The average Bonchev–Trinajstić information content (AvgIpc) is 2.83. The van der Waals surface area contributed by atoms with E-state index in [1.165, 1.54) is 24.3 Å². The summed E-state index contributed by atoms with van der Waals surface area (Å²) < 4.78 is 32.6. The van der Waals surface area contributed by atoms with E-state index < -0.39 is 34.5 Å². The number of nitrogens with one attached hydrogen (secondary N) is 3. The number of amides is 1. The van der Waals surface area contributed by atoms with Crippen LogP contribution < -0.4 is 20.1 Å². The molecule has 3 rings (SSSR count). The topological polar surface area (TPSA) is 134 Å². The van der Waals surface area contributed by atoms with Crippen molar-refractivity contribution in [2.45, 2.75) is 30.2 Å². The van der Waals surface area contributed by atoms with Gasteiger partial charge in [0.1, 0.15) is 11.8 Å². The van der Waals surface area contributed by atoms with Gasteiger partial charge in [-0.1, -0.05) is 18.2 Å². The van der Waals surface area contributed by atoms with Crippen LogP contribution in [-0.2, 0) is 14.8 Å². The highest BCUT2D eigenvalue weighted by molar-refractivity contribution is 7.89. The highest BCUT2D eigenvalue weighted by atomic mass is 32.2. The second-order valence-corrected chi connectivity index (χ2v) is 9.60. The summed E-state index contributed by atoms with van der Waals surface area (Å²) in [5.74, 6) is -0.592. The number of aliphatic carboxylic acids is 1. The fourth-order valence-corrected chi connectivity index (χ4v) is 4.76. The molecule has 1 atom stereocenters. The van der Waals surface area contributed by atoms with Gasteiger partial charge >= 0.3 is 5.97 Å². The van der Waals surface area contributed by atoms with E-state index in [1.54, 1.807) is 30.3 Å². The van der Waals surface area contributed by atoms with Crippen LogP contribution in [0.1, 0.15) is 29.6 Å². The minimum Gasteiger partial charge on any atom is -0.494 e. The van der Waals surface area contributed by atoms with E-state index in [2.05, 4.69) is 15.4 Å². The Morgan fingerprint density at radius 1 is 1.06 bits per heavy atom. The van der Waals surface area contributed by atoms with Crippen LogP contribution in [0, 0.1) is 5.92 Å². The second-order valence-electron chi connectivity index (χ2n) is 7.89. The quantitative estimate of drug-likeness (QED) is 0.388. The fraction of sp³-hybridized carbons (Fsp3) is 0.391. The molecule has 1 aliphatic heterocycles. The Hall–Kier alpha value is -2.95. The first-order valence-corrected chi connectivity index (χ1v) is 12.4. The zero-order valence-electron chi connectivity index (χ0n) is 18.2. The molecule has 0 saturated carbocycles. The SMILES string of the molecule is O=C(NC[C@@H](NS(=O)(=O)c1ccccc1)C(=O)O)c1ccc(OCCC2CCNCC2)cc1. The molecule has 1 fully saturated rings. The lowest BCUT2D eigenvalue weighted by atomic mass is 9.95. The van der Waals surface area contributed by atoms with Crippen LogP contribution in [0.15, 0.2) is 59.5 Å². The number of benzene rings is 2. The van der Waals surface area contributed by atoms with Crippen LogP contribution in [-0.4, -0.2) is 57.7 Å². The minimum absolute atomic E-state index is 0.0571. The van der Waals surface area contributed by atoms with Gasteiger partial charge in [0.15, 0.2) is 0 Å². The first-order valence-electron chi connectivity index (χ1n) is 10.9. The van der Waals surface area contributed by atoms with Gasteiger partial charge in [-0.3, -0.25) is 9.59 Å². The molecule has 1 saturated heterocycles. The number of hydrogen-bond acceptors (Lipinski definition) is 6. The van der Waals surface area contributed by atoms with Crippen molar-refractivity contribution >= 4 is 21.9 Å². The van der Waals surface area contributed by atoms with Gasteiger partial charge in [-0.25, -0.2) is 8.42 Å². The lowest BCUT2D eigenvalue weighted by Gasteiger charge is -2.22. The first kappa shape index (κ1) is 24.7. The molecule has 33 heavy (non-hydrogen) atoms. The summed E-state index contributed by atoms with van der Waals surface area (Å²) in [6.07, 6.45) is 3.29. The lowest BCUT2D eigenvalue weighted by Crippen LogP contribution is -2.48. The number of carboxylic acid groups (broad SMARTS) is 1. The smallest absolute Gasteiger partial charge is 0.323 e. The standard InChI is InChI=1S/C23H29N3O6S/c27-22(18-6-8-19(9-7-18)32-15-12-17-10-13-24-14-11-17)25-16-21(23(28)29)26-33(30,31)20-4-2-1-3-5-20/h1-9,17,21,24,26H,10-16H2,(H,25,27)(H,28,29)/t21-/m1/s1. The van der Waals surface area contributed by atoms with E-state index in [-0.39, 0.29) is 4.90 Å². The van der Waals surface area contributed by atoms with Crippen LogP contribution in [0.2, 0.25) is 0 Å². The number of ether oxygens (including phenoxy) is 1. The fourth-order valence-electron chi connectivity index (χ4n) is 3.55. The van der Waals surface area contributed by atoms with Crippen molar-refractivity contribution in [1.82, 2.24) is 15.4 Å². The molecule has 2 aromatic carbocycles. The number of carbonyl (C=O) groups is 2. The molecule has 10 heteroatoms. The Morgan fingerprint density at radius 3 is 2.36 bits per heavy atom. The highest BCUT2D eigenvalue weighted by Crippen LogP contribution is 2.18. The van der Waals surface area contributed by atoms with Gasteiger partial charge in [-0.15, -0.1) is 0 Å². The maximum Gasteiger partial charge on any atom is 0.323 e. The molecule has 1 amide bonds. The number of piperidine rings is 1. The normalized spacial score (nSPS) is 15.5. The van der Waals surface area contributed by atoms with Gasteiger partial charge in [0, 0.05) is 12.1 Å². The molecule has 4 N–H and O–H groups in total. The Labute approximate surface area is 193 Å². The molecule has 0 spiro atoms. The molecule has 0 unspecified atom stereocenters. The predicted molar refractivity (Wildman–Crippen MR) is 123 cm³/mol. The number of sulfonamides is 1. The molecule has 1 heterocycles. The van der Waals surface area contributed by atoms with Crippen molar-refractivity contribution < 1.29 is 27.9 Å². The third kappa shape index (κ3) is 7.55. The number of rotatable bonds is 11. The van der Waals surface area contributed by atoms with Crippen LogP contribution >= 0.6 is 0 Å². The van der Waals surface area contributed by atoms with Crippen LogP contribution in [0.5, 0.6) is 5.75 Å². The maximum atomic E-state index is 12.4. The monoisotopic (exact) mass is 475 g/mol. The molecule has 0 aromatic heterocycles. The van der Waals surface area contributed by atoms with Crippen molar-refractivity contribution in [3.8, 4) is 5.75 Å². The minimum atomic E-state index is -4.04. The summed E-state index contributed by atoms with van der Waals surface area (Å²) in [4.78, 5) is 23.9. The van der Waals surface area contributed by atoms with E-state index in [9.17, 15) is 23.1 Å². The molecule has 9 nitrogen and oxygen atoms in total. The van der Waals surface area contributed by atoms with Crippen LogP contribution in [0.4, 0.5) is 0 Å². The Morgan fingerprint density at radius 2 is 1.73 bits per heavy atom. The average molecular weight is 476 g/mol. The number of hydrogen-bond donors (Lipinski definition) is 4. The van der Waals surface area contributed by atoms with Crippen molar-refractivity contribution in [1.29, 1.82) is 0 Å². The number of carbonyl (C=O) groups excluding carboxylic acids is 1. The Bertz CT molecular complexity index is 1020. The van der Waals surface area contributed by atoms with E-state index in [4.69, 9.17) is 4.74 Å². The van der Waals surface area contributed by atoms with Crippen molar-refractivity contribution in [2.75, 3.05) is 26.2 Å². The van der Waals surface area contributed by atoms with Gasteiger partial charge in [-0.2, -0.15) is 4.72 Å². The van der Waals surface area contributed by atoms with E-state index in [0.717, 1.165) is 32.4 Å². The molecule has 2 aromatic rings. The van der Waals surface area contributed by atoms with Gasteiger partial charge in [0.25, 0.3) is 5.91 Å². The van der Waals surface area contributed by atoms with Crippen molar-refractivity contribution in [3.05, 3.63) is 60.2 Å². The third-order valence-corrected chi connectivity index (χ3v) is 6.97. The van der Waals surface area contributed by atoms with E-state index in [1.807, 2.05) is 0 Å². The zero-order chi connectivity index (χ0) is 23.7. The van der Waals surface area contributed by atoms with E-state index >= 15 is 0 Å². The molecule has 0 radical (unpaired) electrons. The van der Waals surface area contributed by atoms with Gasteiger partial charge < -0.3 is 20.5 Å². The van der Waals surface area contributed by atoms with Gasteiger partial charge in [0.05, 0.1) is 11.5 Å². The van der Waals surface area contributed by atoms with Crippen molar-refractivity contribution in [3.63, 3.8) is 0 Å². The molecule has 178 valence electrons. The largest absolute Gasteiger partial charge is 0.494 e. The lowest BCUT2D eigenvalue weighted by molar-refractivity contribution is -0.138. The van der Waals surface area contributed by atoms with Gasteiger partial charge in [-0.05, 0) is 74.7 Å². The van der Waals surface area contributed by atoms with E-state index in [0.29, 0.717) is 23.8 Å². The summed E-state index contributed by atoms with van der Waals surface area (Å²) in [5.41, 5.74) is 0.316. The third-order valence-electron chi connectivity index (χ3n) is 5.49. The summed E-state index contributed by atoms with van der Waals surface area (Å²) in [6.45, 7) is 2.29. The predicted octanol–water partition coefficient (Wildman–Crippen LogP) is 1.62. The Balaban J connectivity index is 1.49. The molecule has 0 bridgehead atoms. The van der Waals surface area contributed by atoms with Crippen molar-refractivity contribution in [2.24, 2.45) is 5.92 Å². The zero-order valence-corrected chi connectivity index (χ0v) is 19.0. The van der Waals surface area contributed by atoms with Crippen LogP contribution in [0.3, 0.4) is 0 Å². The second kappa shape index (κ2) is 11.8. The molecule has 0 aliphatic carbocycles. The number of carboxylic acids is 1. The Kier molecular flexibility index (Phi) is 8.81. The van der Waals surface area contributed by atoms with Gasteiger partial charge in [0.2, 0.25) is 10.0 Å². The summed E-state index contributed by atoms with van der Waals surface area (Å²) >= 11 is 0. The molecular weight excluding hydrogens is 446 g/mol. The summed E-state index contributed by atoms with van der Waals surface area (Å²) in [5, 5.41) is 15.2. The van der Waals surface area contributed by atoms with Crippen LogP contribution in [0.25, 0.3) is 0 Å². The summed E-state index contributed by atoms with van der Waals surface area (Å²) in [6, 6.07) is 12.5. The first-order chi connectivity index (χ1) is 15.8. The highest BCUT2D eigenvalue weighted by Gasteiger charge is 2.26. The summed E-state index contributed by atoms with van der Waals surface area (Å²) in [7, 11) is -4.04. The maximum absolute atomic E-state index is 12.4.